The molecule has 27 heavy (non-hydrogen) atoms. The molecule has 0 fully saturated rings. The molecule has 140 valence electrons. The van der Waals surface area contributed by atoms with E-state index in [0.29, 0.717) is 5.56 Å². The summed E-state index contributed by atoms with van der Waals surface area (Å²) in [5, 5.41) is 6.34. The van der Waals surface area contributed by atoms with Crippen molar-refractivity contribution in [1.29, 1.82) is 0 Å². The predicted molar refractivity (Wildman–Crippen MR) is 86.7 cm³/mol. The van der Waals surface area contributed by atoms with Gasteiger partial charge in [-0.05, 0) is 19.1 Å². The Morgan fingerprint density at radius 1 is 0.926 bits per heavy atom. The molecular weight excluding hydrogens is 369 g/mol. The highest BCUT2D eigenvalue weighted by Gasteiger charge is 2.25. The molecular formula is C18H12F5N3O. The van der Waals surface area contributed by atoms with Gasteiger partial charge >= 0.3 is 0 Å². The summed E-state index contributed by atoms with van der Waals surface area (Å²) in [5.41, 5.74) is 0.319. The van der Waals surface area contributed by atoms with E-state index in [1.54, 1.807) is 24.3 Å². The fraction of sp³-hybridized carbons (Fsp3) is 0.111. The first kappa shape index (κ1) is 18.6. The molecule has 1 aromatic heterocycles. The van der Waals surface area contributed by atoms with Gasteiger partial charge < -0.3 is 5.32 Å². The number of anilines is 1. The first-order valence-electron chi connectivity index (χ1n) is 7.69. The fourth-order valence-electron chi connectivity index (χ4n) is 2.36. The zero-order chi connectivity index (χ0) is 19.7. The second-order valence-electron chi connectivity index (χ2n) is 5.77. The van der Waals surface area contributed by atoms with E-state index < -0.39 is 47.1 Å². The number of benzene rings is 2. The van der Waals surface area contributed by atoms with E-state index >= 15 is 0 Å². The summed E-state index contributed by atoms with van der Waals surface area (Å²) in [5.74, 6) is -10.5. The first-order valence-corrected chi connectivity index (χ1v) is 7.69. The van der Waals surface area contributed by atoms with Crippen LogP contribution in [0.3, 0.4) is 0 Å². The lowest BCUT2D eigenvalue weighted by atomic mass is 10.1. The summed E-state index contributed by atoms with van der Waals surface area (Å²) < 4.78 is 68.0. The Morgan fingerprint density at radius 2 is 1.48 bits per heavy atom. The monoisotopic (exact) mass is 381 g/mol. The van der Waals surface area contributed by atoms with Crippen LogP contribution in [0.4, 0.5) is 27.8 Å². The van der Waals surface area contributed by atoms with E-state index in [9.17, 15) is 26.7 Å². The number of nitrogens with zero attached hydrogens (tertiary/aromatic N) is 2. The molecule has 0 spiro atoms. The average Bonchev–Trinajstić information content (AvgIpc) is 3.09. The standard InChI is InChI=1S/C18H12F5N3O/c1-9-2-4-10(5-3-9)18(27)24-12-6-7-26(25-12)8-11-13(19)15(21)17(23)16(22)14(11)20/h2-7H,8H2,1H3,(H,24,25,27). The van der Waals surface area contributed by atoms with Gasteiger partial charge in [-0.1, -0.05) is 17.7 Å². The minimum Gasteiger partial charge on any atom is -0.305 e. The van der Waals surface area contributed by atoms with Gasteiger partial charge in [-0.3, -0.25) is 9.48 Å². The molecule has 0 unspecified atom stereocenters. The SMILES string of the molecule is Cc1ccc(C(=O)Nc2ccn(Cc3c(F)c(F)c(F)c(F)c3F)n2)cc1. The number of rotatable bonds is 4. The highest BCUT2D eigenvalue weighted by Crippen LogP contribution is 2.23. The normalized spacial score (nSPS) is 10.9. The van der Waals surface area contributed by atoms with E-state index in [-0.39, 0.29) is 5.82 Å². The quantitative estimate of drug-likeness (QED) is 0.419. The Labute approximate surface area is 150 Å². The van der Waals surface area contributed by atoms with Gasteiger partial charge in [0, 0.05) is 17.8 Å². The molecule has 0 saturated carbocycles. The number of aryl methyl sites for hydroxylation is 1. The molecule has 9 heteroatoms. The van der Waals surface area contributed by atoms with Crippen LogP contribution in [0.1, 0.15) is 21.5 Å². The van der Waals surface area contributed by atoms with Gasteiger partial charge in [0.05, 0.1) is 12.1 Å². The summed E-state index contributed by atoms with van der Waals surface area (Å²) in [6.45, 7) is 1.16. The molecule has 2 aromatic carbocycles. The van der Waals surface area contributed by atoms with Crippen LogP contribution in [0.2, 0.25) is 0 Å². The lowest BCUT2D eigenvalue weighted by Crippen LogP contribution is -2.14. The Bertz CT molecular complexity index is 986. The maximum absolute atomic E-state index is 13.7. The molecule has 0 aliphatic carbocycles. The third kappa shape index (κ3) is 3.67. The summed E-state index contributed by atoms with van der Waals surface area (Å²) in [6.07, 6.45) is 1.24. The number of carbonyl (C=O) groups is 1. The summed E-state index contributed by atoms with van der Waals surface area (Å²) >= 11 is 0. The zero-order valence-corrected chi connectivity index (χ0v) is 13.9. The van der Waals surface area contributed by atoms with Gasteiger partial charge in [0.15, 0.2) is 29.1 Å². The van der Waals surface area contributed by atoms with E-state index in [1.165, 1.54) is 12.3 Å². The molecule has 1 heterocycles. The van der Waals surface area contributed by atoms with Gasteiger partial charge in [-0.15, -0.1) is 0 Å². The third-order valence-electron chi connectivity index (χ3n) is 3.82. The van der Waals surface area contributed by atoms with Crippen molar-refractivity contribution in [2.45, 2.75) is 13.5 Å². The largest absolute Gasteiger partial charge is 0.305 e. The van der Waals surface area contributed by atoms with E-state index in [0.717, 1.165) is 10.2 Å². The number of hydrogen-bond acceptors (Lipinski definition) is 2. The van der Waals surface area contributed by atoms with Gasteiger partial charge in [-0.2, -0.15) is 5.10 Å². The van der Waals surface area contributed by atoms with Crippen molar-refractivity contribution < 1.29 is 26.7 Å². The number of hydrogen-bond donors (Lipinski definition) is 1. The number of halogens is 5. The Hall–Kier alpha value is -3.23. The predicted octanol–water partition coefficient (Wildman–Crippen LogP) is 4.19. The maximum Gasteiger partial charge on any atom is 0.256 e. The second kappa shape index (κ2) is 7.18. The summed E-state index contributed by atoms with van der Waals surface area (Å²) in [4.78, 5) is 12.1. The van der Waals surface area contributed by atoms with Crippen LogP contribution >= 0.6 is 0 Å². The number of nitrogens with one attached hydrogen (secondary N) is 1. The van der Waals surface area contributed by atoms with Crippen LogP contribution in [0.15, 0.2) is 36.5 Å². The Balaban J connectivity index is 1.79. The van der Waals surface area contributed by atoms with Gasteiger partial charge in [0.2, 0.25) is 5.82 Å². The minimum atomic E-state index is -2.22. The molecule has 0 atom stereocenters. The van der Waals surface area contributed by atoms with Crippen molar-refractivity contribution in [3.63, 3.8) is 0 Å². The molecule has 3 rings (SSSR count). The second-order valence-corrected chi connectivity index (χ2v) is 5.77. The van der Waals surface area contributed by atoms with Crippen molar-refractivity contribution in [2.24, 2.45) is 0 Å². The average molecular weight is 381 g/mol. The Morgan fingerprint density at radius 3 is 2.07 bits per heavy atom. The highest BCUT2D eigenvalue weighted by molar-refractivity contribution is 6.03. The lowest BCUT2D eigenvalue weighted by Gasteiger charge is -2.08. The molecule has 1 amide bonds. The molecule has 3 aromatic rings. The zero-order valence-electron chi connectivity index (χ0n) is 13.9. The number of carbonyl (C=O) groups excluding carboxylic acids is 1. The maximum atomic E-state index is 13.7. The van der Waals surface area contributed by atoms with Crippen molar-refractivity contribution in [3.8, 4) is 0 Å². The van der Waals surface area contributed by atoms with Crippen LogP contribution in [-0.4, -0.2) is 15.7 Å². The van der Waals surface area contributed by atoms with E-state index in [2.05, 4.69) is 10.4 Å². The van der Waals surface area contributed by atoms with Gasteiger partial charge in [0.25, 0.3) is 5.91 Å². The first-order chi connectivity index (χ1) is 12.8. The van der Waals surface area contributed by atoms with Gasteiger partial charge in [-0.25, -0.2) is 22.0 Å². The van der Waals surface area contributed by atoms with Crippen molar-refractivity contribution >= 4 is 11.7 Å². The lowest BCUT2D eigenvalue weighted by molar-refractivity contribution is 0.102. The van der Waals surface area contributed by atoms with Crippen LogP contribution in [-0.2, 0) is 6.54 Å². The molecule has 0 aliphatic rings. The van der Waals surface area contributed by atoms with Crippen molar-refractivity contribution in [3.05, 3.63) is 82.3 Å². The molecule has 4 nitrogen and oxygen atoms in total. The smallest absolute Gasteiger partial charge is 0.256 e. The third-order valence-corrected chi connectivity index (χ3v) is 3.82. The fourth-order valence-corrected chi connectivity index (χ4v) is 2.36. The Kier molecular flexibility index (Phi) is 4.93. The van der Waals surface area contributed by atoms with Crippen molar-refractivity contribution in [2.75, 3.05) is 5.32 Å². The van der Waals surface area contributed by atoms with Crippen molar-refractivity contribution in [1.82, 2.24) is 9.78 Å². The van der Waals surface area contributed by atoms with E-state index in [1.807, 2.05) is 6.92 Å². The van der Waals surface area contributed by atoms with Crippen LogP contribution in [0.25, 0.3) is 0 Å². The molecule has 0 saturated heterocycles. The molecule has 1 N–H and O–H groups in total. The molecule has 0 aliphatic heterocycles. The van der Waals surface area contributed by atoms with Crippen LogP contribution in [0.5, 0.6) is 0 Å². The van der Waals surface area contributed by atoms with E-state index in [4.69, 9.17) is 0 Å². The van der Waals surface area contributed by atoms with Gasteiger partial charge in [0.1, 0.15) is 0 Å². The minimum absolute atomic E-state index is 0.0597. The molecule has 0 radical (unpaired) electrons. The summed E-state index contributed by atoms with van der Waals surface area (Å²) in [7, 11) is 0. The van der Waals surface area contributed by atoms with Crippen LogP contribution < -0.4 is 5.32 Å². The number of amides is 1. The molecule has 0 bridgehead atoms. The number of aromatic nitrogens is 2. The topological polar surface area (TPSA) is 46.9 Å². The van der Waals surface area contributed by atoms with Crippen LogP contribution in [0, 0.1) is 36.0 Å². The summed E-state index contributed by atoms with van der Waals surface area (Å²) in [6, 6.07) is 8.04. The highest BCUT2D eigenvalue weighted by atomic mass is 19.2.